The molecule has 0 saturated heterocycles. The lowest BCUT2D eigenvalue weighted by atomic mass is 10.3. The van der Waals surface area contributed by atoms with Crippen LogP contribution >= 0.6 is 0 Å². The van der Waals surface area contributed by atoms with Gasteiger partial charge in [0.25, 0.3) is 0 Å². The van der Waals surface area contributed by atoms with E-state index in [1.54, 1.807) is 30.3 Å². The summed E-state index contributed by atoms with van der Waals surface area (Å²) in [5.41, 5.74) is 2.67. The van der Waals surface area contributed by atoms with Crippen LogP contribution in [0, 0.1) is 0 Å². The van der Waals surface area contributed by atoms with Gasteiger partial charge in [-0.15, -0.1) is 0 Å². The molecule has 94 valence electrons. The van der Waals surface area contributed by atoms with Gasteiger partial charge in [-0.05, 0) is 12.1 Å². The van der Waals surface area contributed by atoms with E-state index in [9.17, 15) is 13.2 Å². The van der Waals surface area contributed by atoms with Gasteiger partial charge in [0.1, 0.15) is 6.54 Å². The number of hydrogen-bond acceptors (Lipinski definition) is 2. The Morgan fingerprint density at radius 3 is 2.41 bits per heavy atom. The molecule has 1 aromatic rings. The molecule has 0 aliphatic carbocycles. The first-order chi connectivity index (χ1) is 7.92. The maximum absolute atomic E-state index is 12.2. The lowest BCUT2D eigenvalue weighted by molar-refractivity contribution is -0.136. The van der Waals surface area contributed by atoms with Crippen LogP contribution in [0.25, 0.3) is 0 Å². The van der Waals surface area contributed by atoms with E-state index in [0.717, 1.165) is 4.90 Å². The van der Waals surface area contributed by atoms with Crippen molar-refractivity contribution in [2.24, 2.45) is 10.8 Å². The van der Waals surface area contributed by atoms with Gasteiger partial charge in [-0.2, -0.15) is 13.2 Å². The molecule has 0 amide bonds. The molecule has 0 unspecified atom stereocenters. The highest BCUT2D eigenvalue weighted by atomic mass is 19.4. The number of nitrogens with zero attached hydrogens (tertiary/aromatic N) is 2. The first kappa shape index (κ1) is 13.3. The van der Waals surface area contributed by atoms with Crippen LogP contribution < -0.4 is 11.3 Å². The van der Waals surface area contributed by atoms with Crippen molar-refractivity contribution in [2.45, 2.75) is 6.18 Å². The summed E-state index contributed by atoms with van der Waals surface area (Å²) in [6.07, 6.45) is -4.30. The van der Waals surface area contributed by atoms with E-state index in [1.807, 2.05) is 0 Å². The first-order valence-corrected chi connectivity index (χ1v) is 4.80. The van der Waals surface area contributed by atoms with Crippen molar-refractivity contribution in [1.82, 2.24) is 10.3 Å². The number of aliphatic imine (C=N–C) groups is 1. The Morgan fingerprint density at radius 2 is 1.94 bits per heavy atom. The first-order valence-electron chi connectivity index (χ1n) is 4.80. The summed E-state index contributed by atoms with van der Waals surface area (Å²) in [5, 5.41) is 0. The number of alkyl halides is 3. The number of hydrazine groups is 1. The van der Waals surface area contributed by atoms with E-state index in [1.165, 1.54) is 7.05 Å². The van der Waals surface area contributed by atoms with Gasteiger partial charge in [-0.1, -0.05) is 18.2 Å². The zero-order valence-electron chi connectivity index (χ0n) is 9.20. The van der Waals surface area contributed by atoms with Gasteiger partial charge in [0.2, 0.25) is 5.96 Å². The van der Waals surface area contributed by atoms with E-state index in [4.69, 9.17) is 5.84 Å². The lowest BCUT2D eigenvalue weighted by Gasteiger charge is -2.21. The molecule has 0 fully saturated rings. The van der Waals surface area contributed by atoms with Crippen molar-refractivity contribution < 1.29 is 13.2 Å². The monoisotopic (exact) mass is 246 g/mol. The smallest absolute Gasteiger partial charge is 0.336 e. The molecule has 0 spiro atoms. The normalized spacial score (nSPS) is 12.4. The Bertz CT molecular complexity index is 375. The molecule has 0 bridgehead atoms. The molecule has 0 aliphatic heterocycles. The number of nitrogens with two attached hydrogens (primary N) is 1. The molecule has 0 radical (unpaired) electrons. The number of rotatable bonds is 2. The molecule has 7 heteroatoms. The largest absolute Gasteiger partial charge is 0.406 e. The Hall–Kier alpha value is -1.76. The standard InChI is InChI=1S/C10H13F3N4/c1-17(7-10(11,12)13)9(16-14)15-8-5-3-2-4-6-8/h2-6H,7,14H2,1H3,(H,15,16). The minimum atomic E-state index is -4.30. The molecule has 0 atom stereocenters. The molecule has 1 aromatic carbocycles. The SMILES string of the molecule is CN(CC(F)(F)F)C(=Nc1ccccc1)NN. The Kier molecular flexibility index (Phi) is 4.33. The zero-order chi connectivity index (χ0) is 12.9. The van der Waals surface area contributed by atoms with E-state index in [2.05, 4.69) is 10.4 Å². The third-order valence-corrected chi connectivity index (χ3v) is 1.90. The summed E-state index contributed by atoms with van der Waals surface area (Å²) >= 11 is 0. The molecule has 1 rings (SSSR count). The van der Waals surface area contributed by atoms with Gasteiger partial charge in [0, 0.05) is 7.05 Å². The summed E-state index contributed by atoms with van der Waals surface area (Å²) in [6.45, 7) is -1.12. The fourth-order valence-electron chi connectivity index (χ4n) is 1.20. The van der Waals surface area contributed by atoms with E-state index in [-0.39, 0.29) is 5.96 Å². The highest BCUT2D eigenvalue weighted by Gasteiger charge is 2.30. The van der Waals surface area contributed by atoms with E-state index < -0.39 is 12.7 Å². The number of para-hydroxylation sites is 1. The molecular formula is C10H13F3N4. The number of halogens is 3. The summed E-state index contributed by atoms with van der Waals surface area (Å²) in [6, 6.07) is 8.58. The second kappa shape index (κ2) is 5.53. The summed E-state index contributed by atoms with van der Waals surface area (Å²) in [5.74, 6) is 5.10. The predicted molar refractivity (Wildman–Crippen MR) is 59.5 cm³/mol. The fraction of sp³-hybridized carbons (Fsp3) is 0.300. The van der Waals surface area contributed by atoms with Gasteiger partial charge < -0.3 is 4.90 Å². The van der Waals surface area contributed by atoms with Gasteiger partial charge in [0.15, 0.2) is 0 Å². The van der Waals surface area contributed by atoms with E-state index >= 15 is 0 Å². The van der Waals surface area contributed by atoms with Crippen molar-refractivity contribution in [3.05, 3.63) is 30.3 Å². The second-order valence-corrected chi connectivity index (χ2v) is 3.39. The molecule has 0 aliphatic rings. The Labute approximate surface area is 96.9 Å². The molecule has 0 saturated carbocycles. The van der Waals surface area contributed by atoms with Crippen LogP contribution in [0.3, 0.4) is 0 Å². The molecule has 17 heavy (non-hydrogen) atoms. The van der Waals surface area contributed by atoms with Crippen LogP contribution in [0.2, 0.25) is 0 Å². The minimum absolute atomic E-state index is 0.0477. The van der Waals surface area contributed by atoms with Crippen molar-refractivity contribution in [1.29, 1.82) is 0 Å². The van der Waals surface area contributed by atoms with E-state index in [0.29, 0.717) is 5.69 Å². The van der Waals surface area contributed by atoms with Crippen LogP contribution in [-0.2, 0) is 0 Å². The summed E-state index contributed by atoms with van der Waals surface area (Å²) in [7, 11) is 1.26. The highest BCUT2D eigenvalue weighted by Crippen LogP contribution is 2.16. The topological polar surface area (TPSA) is 53.6 Å². The Morgan fingerprint density at radius 1 is 1.35 bits per heavy atom. The lowest BCUT2D eigenvalue weighted by Crippen LogP contribution is -2.46. The highest BCUT2D eigenvalue weighted by molar-refractivity contribution is 5.82. The number of hydrogen-bond donors (Lipinski definition) is 2. The van der Waals surface area contributed by atoms with Crippen LogP contribution in [0.1, 0.15) is 0 Å². The number of guanidine groups is 1. The third kappa shape index (κ3) is 4.73. The van der Waals surface area contributed by atoms with Crippen molar-refractivity contribution in [2.75, 3.05) is 13.6 Å². The average Bonchev–Trinajstić information content (AvgIpc) is 2.24. The van der Waals surface area contributed by atoms with Crippen molar-refractivity contribution in [3.8, 4) is 0 Å². The van der Waals surface area contributed by atoms with Gasteiger partial charge in [-0.3, -0.25) is 5.43 Å². The van der Waals surface area contributed by atoms with Crippen molar-refractivity contribution >= 4 is 11.6 Å². The minimum Gasteiger partial charge on any atom is -0.336 e. The molecule has 3 N–H and O–H groups in total. The average molecular weight is 246 g/mol. The van der Waals surface area contributed by atoms with Crippen LogP contribution in [0.5, 0.6) is 0 Å². The van der Waals surface area contributed by atoms with Gasteiger partial charge >= 0.3 is 6.18 Å². The quantitative estimate of drug-likeness (QED) is 0.361. The second-order valence-electron chi connectivity index (χ2n) is 3.39. The van der Waals surface area contributed by atoms with Crippen LogP contribution in [-0.4, -0.2) is 30.6 Å². The molecular weight excluding hydrogens is 233 g/mol. The van der Waals surface area contributed by atoms with Gasteiger partial charge in [-0.25, -0.2) is 10.8 Å². The number of benzene rings is 1. The molecule has 0 heterocycles. The van der Waals surface area contributed by atoms with Crippen LogP contribution in [0.4, 0.5) is 18.9 Å². The zero-order valence-corrected chi connectivity index (χ0v) is 9.20. The molecule has 0 aromatic heterocycles. The van der Waals surface area contributed by atoms with Crippen molar-refractivity contribution in [3.63, 3.8) is 0 Å². The van der Waals surface area contributed by atoms with Crippen LogP contribution in [0.15, 0.2) is 35.3 Å². The maximum Gasteiger partial charge on any atom is 0.406 e. The fourth-order valence-corrected chi connectivity index (χ4v) is 1.20. The maximum atomic E-state index is 12.2. The third-order valence-electron chi connectivity index (χ3n) is 1.90. The van der Waals surface area contributed by atoms with Gasteiger partial charge in [0.05, 0.1) is 5.69 Å². The summed E-state index contributed by atoms with van der Waals surface area (Å²) in [4.78, 5) is 4.86. The number of nitrogens with one attached hydrogen (secondary N) is 1. The molecule has 4 nitrogen and oxygen atoms in total. The summed E-state index contributed by atoms with van der Waals surface area (Å²) < 4.78 is 36.5. The predicted octanol–water partition coefficient (Wildman–Crippen LogP) is 1.63. The Balaban J connectivity index is 2.81.